The molecule has 7 heteroatoms. The van der Waals surface area contributed by atoms with Crippen molar-refractivity contribution in [2.24, 2.45) is 0 Å². The summed E-state index contributed by atoms with van der Waals surface area (Å²) in [5.74, 6) is 0.0311. The molecule has 0 atom stereocenters. The van der Waals surface area contributed by atoms with Gasteiger partial charge in [-0.1, -0.05) is 6.07 Å². The van der Waals surface area contributed by atoms with Crippen molar-refractivity contribution in [2.75, 3.05) is 0 Å². The van der Waals surface area contributed by atoms with E-state index in [2.05, 4.69) is 15.2 Å². The van der Waals surface area contributed by atoms with Crippen LogP contribution < -0.4 is 5.56 Å². The Morgan fingerprint density at radius 3 is 2.93 bits per heavy atom. The average Bonchev–Trinajstić information content (AvgIpc) is 3.25. The highest BCUT2D eigenvalue weighted by molar-refractivity contribution is 6.02. The lowest BCUT2D eigenvalue weighted by Crippen LogP contribution is -2.20. The van der Waals surface area contributed by atoms with Gasteiger partial charge in [0.25, 0.3) is 5.56 Å². The van der Waals surface area contributed by atoms with Gasteiger partial charge in [-0.05, 0) is 42.7 Å². The van der Waals surface area contributed by atoms with Crippen molar-refractivity contribution in [2.45, 2.75) is 25.8 Å². The molecule has 1 saturated carbocycles. The number of benzene rings is 2. The van der Waals surface area contributed by atoms with Crippen LogP contribution in [0.1, 0.15) is 24.8 Å². The van der Waals surface area contributed by atoms with Crippen LogP contribution in [0.25, 0.3) is 44.0 Å². The van der Waals surface area contributed by atoms with Gasteiger partial charge in [0.05, 0.1) is 17.2 Å². The van der Waals surface area contributed by atoms with Crippen LogP contribution in [0.4, 0.5) is 4.39 Å². The first kappa shape index (κ1) is 15.6. The van der Waals surface area contributed by atoms with Crippen LogP contribution in [0, 0.1) is 12.7 Å². The van der Waals surface area contributed by atoms with Crippen molar-refractivity contribution in [3.05, 3.63) is 58.6 Å². The fourth-order valence-corrected chi connectivity index (χ4v) is 3.95. The Morgan fingerprint density at radius 1 is 1.25 bits per heavy atom. The first-order valence-corrected chi connectivity index (χ1v) is 9.18. The number of fused-ring (bicyclic) bond motifs is 4. The molecule has 1 aliphatic carbocycles. The van der Waals surface area contributed by atoms with Gasteiger partial charge in [0, 0.05) is 29.3 Å². The molecule has 3 aromatic heterocycles. The highest BCUT2D eigenvalue weighted by Gasteiger charge is 2.29. The molecule has 1 fully saturated rings. The van der Waals surface area contributed by atoms with Crippen LogP contribution in [0.5, 0.6) is 0 Å². The van der Waals surface area contributed by atoms with Crippen molar-refractivity contribution in [3.63, 3.8) is 0 Å². The summed E-state index contributed by atoms with van der Waals surface area (Å²) >= 11 is 0. The molecule has 0 bridgehead atoms. The summed E-state index contributed by atoms with van der Waals surface area (Å²) in [4.78, 5) is 17.3. The van der Waals surface area contributed by atoms with E-state index < -0.39 is 0 Å². The van der Waals surface area contributed by atoms with Gasteiger partial charge < -0.3 is 8.98 Å². The quantitative estimate of drug-likeness (QED) is 0.495. The van der Waals surface area contributed by atoms with E-state index in [-0.39, 0.29) is 22.9 Å². The number of H-pyrrole nitrogens is 1. The number of aromatic amines is 1. The number of rotatable bonds is 2. The zero-order valence-corrected chi connectivity index (χ0v) is 15.0. The molecule has 0 spiro atoms. The van der Waals surface area contributed by atoms with Crippen LogP contribution in [-0.4, -0.2) is 19.7 Å². The lowest BCUT2D eigenvalue weighted by Gasteiger charge is -2.12. The lowest BCUT2D eigenvalue weighted by molar-refractivity contribution is 0.563. The maximum absolute atomic E-state index is 15.1. The number of hydrogen-bond acceptors (Lipinski definition) is 4. The van der Waals surface area contributed by atoms with Crippen molar-refractivity contribution < 1.29 is 8.81 Å². The minimum atomic E-state index is -0.369. The summed E-state index contributed by atoms with van der Waals surface area (Å²) in [6, 6.07) is 8.95. The van der Waals surface area contributed by atoms with Gasteiger partial charge in [-0.25, -0.2) is 9.37 Å². The van der Waals surface area contributed by atoms with Crippen LogP contribution in [-0.2, 0) is 0 Å². The third-order valence-electron chi connectivity index (χ3n) is 5.41. The first-order valence-electron chi connectivity index (χ1n) is 9.18. The average molecular weight is 374 g/mol. The van der Waals surface area contributed by atoms with Gasteiger partial charge in [-0.15, -0.1) is 0 Å². The maximum Gasteiger partial charge on any atom is 0.281 e. The van der Waals surface area contributed by atoms with E-state index in [1.807, 2.05) is 18.2 Å². The summed E-state index contributed by atoms with van der Waals surface area (Å²) < 4.78 is 22.6. The fraction of sp³-hybridized carbons (Fsp3) is 0.190. The number of nitrogens with one attached hydrogen (secondary N) is 1. The Kier molecular flexibility index (Phi) is 2.94. The largest absolute Gasteiger partial charge is 0.440 e. The standard InChI is InChI=1S/C21H15FN4O2/c1-10-24-19-20(28-10)15-7-16(22)14(8-18(15)26(21(19)27)13-3-4-13)11-2-5-17-12(6-11)9-23-25-17/h2,5-9,13H,3-4H2,1H3,(H,23,25). The van der Waals surface area contributed by atoms with E-state index in [0.717, 1.165) is 29.3 Å². The predicted octanol–water partition coefficient (Wildman–Crippen LogP) is 4.47. The monoisotopic (exact) mass is 374 g/mol. The molecule has 2 aromatic carbocycles. The SMILES string of the molecule is Cc1nc2c(=O)n(C3CC3)c3cc(-c4ccc5[nH]ncc5c4)c(F)cc3c2o1. The Bertz CT molecular complexity index is 1470. The van der Waals surface area contributed by atoms with Crippen LogP contribution >= 0.6 is 0 Å². The van der Waals surface area contributed by atoms with E-state index in [1.54, 1.807) is 23.8 Å². The Hall–Kier alpha value is -3.48. The molecule has 6 rings (SSSR count). The highest BCUT2D eigenvalue weighted by Crippen LogP contribution is 2.39. The molecule has 28 heavy (non-hydrogen) atoms. The van der Waals surface area contributed by atoms with Gasteiger partial charge in [-0.3, -0.25) is 9.89 Å². The summed E-state index contributed by atoms with van der Waals surface area (Å²) in [7, 11) is 0. The number of halogens is 1. The zero-order chi connectivity index (χ0) is 19.0. The van der Waals surface area contributed by atoms with Gasteiger partial charge >= 0.3 is 0 Å². The van der Waals surface area contributed by atoms with E-state index in [4.69, 9.17) is 4.42 Å². The molecule has 0 amide bonds. The molecule has 138 valence electrons. The molecule has 6 nitrogen and oxygen atoms in total. The van der Waals surface area contributed by atoms with Crippen molar-refractivity contribution in [1.29, 1.82) is 0 Å². The summed E-state index contributed by atoms with van der Waals surface area (Å²) in [6.45, 7) is 1.69. The molecular weight excluding hydrogens is 359 g/mol. The van der Waals surface area contributed by atoms with Gasteiger partial charge in [-0.2, -0.15) is 5.10 Å². The van der Waals surface area contributed by atoms with E-state index in [9.17, 15) is 4.79 Å². The van der Waals surface area contributed by atoms with E-state index in [1.165, 1.54) is 6.07 Å². The second kappa shape index (κ2) is 5.28. The molecule has 1 aliphatic rings. The van der Waals surface area contributed by atoms with Crippen molar-refractivity contribution >= 4 is 32.9 Å². The minimum Gasteiger partial charge on any atom is -0.440 e. The predicted molar refractivity (Wildman–Crippen MR) is 104 cm³/mol. The smallest absolute Gasteiger partial charge is 0.281 e. The van der Waals surface area contributed by atoms with Crippen LogP contribution in [0.2, 0.25) is 0 Å². The topological polar surface area (TPSA) is 76.7 Å². The summed E-state index contributed by atoms with van der Waals surface area (Å²) in [5.41, 5.74) is 3.19. The van der Waals surface area contributed by atoms with Crippen molar-refractivity contribution in [3.8, 4) is 11.1 Å². The van der Waals surface area contributed by atoms with Gasteiger partial charge in [0.1, 0.15) is 5.82 Å². The third-order valence-corrected chi connectivity index (χ3v) is 5.41. The molecule has 1 N–H and O–H groups in total. The van der Waals surface area contributed by atoms with Crippen LogP contribution in [0.3, 0.4) is 0 Å². The minimum absolute atomic E-state index is 0.131. The molecular formula is C21H15FN4O2. The van der Waals surface area contributed by atoms with E-state index >= 15 is 4.39 Å². The van der Waals surface area contributed by atoms with Crippen LogP contribution in [0.15, 0.2) is 45.7 Å². The fourth-order valence-electron chi connectivity index (χ4n) is 3.95. The first-order chi connectivity index (χ1) is 13.6. The van der Waals surface area contributed by atoms with E-state index in [0.29, 0.717) is 27.9 Å². The number of pyridine rings is 1. The van der Waals surface area contributed by atoms with Gasteiger partial charge in [0.15, 0.2) is 17.0 Å². The molecule has 0 radical (unpaired) electrons. The number of nitrogens with zero attached hydrogens (tertiary/aromatic N) is 3. The highest BCUT2D eigenvalue weighted by atomic mass is 19.1. The summed E-state index contributed by atoms with van der Waals surface area (Å²) in [6.07, 6.45) is 3.58. The Balaban J connectivity index is 1.72. The second-order valence-electron chi connectivity index (χ2n) is 7.34. The maximum atomic E-state index is 15.1. The number of hydrogen-bond donors (Lipinski definition) is 1. The van der Waals surface area contributed by atoms with Gasteiger partial charge in [0.2, 0.25) is 0 Å². The lowest BCUT2D eigenvalue weighted by atomic mass is 10.0. The molecule has 3 heterocycles. The second-order valence-corrected chi connectivity index (χ2v) is 7.34. The molecule has 0 aliphatic heterocycles. The number of aryl methyl sites for hydroxylation is 1. The Morgan fingerprint density at radius 2 is 2.11 bits per heavy atom. The van der Waals surface area contributed by atoms with Crippen molar-refractivity contribution in [1.82, 2.24) is 19.7 Å². The number of oxazole rings is 1. The third kappa shape index (κ3) is 2.10. The number of aromatic nitrogens is 4. The zero-order valence-electron chi connectivity index (χ0n) is 15.0. The Labute approximate surface area is 157 Å². The molecule has 0 saturated heterocycles. The molecule has 0 unspecified atom stereocenters. The molecule has 5 aromatic rings. The summed E-state index contributed by atoms with van der Waals surface area (Å²) in [5, 5.41) is 8.39. The normalized spacial score (nSPS) is 14.5.